The van der Waals surface area contributed by atoms with E-state index in [1.807, 2.05) is 0 Å². The first kappa shape index (κ1) is 11.0. The number of hydrogen-bond acceptors (Lipinski definition) is 2. The Balaban J connectivity index is 3.68. The lowest BCUT2D eigenvalue weighted by molar-refractivity contribution is -0.382. The highest BCUT2D eigenvalue weighted by molar-refractivity contribution is 6.68. The highest BCUT2D eigenvalue weighted by atomic mass is 16.6. The average molecular weight is 172 g/mol. The second kappa shape index (κ2) is 3.60. The Morgan fingerprint density at radius 3 is 1.36 bits per heavy atom. The Labute approximate surface area is 87.8 Å². The molecule has 0 bridgehead atoms. The van der Waals surface area contributed by atoms with Crippen LogP contribution < -0.4 is 27.3 Å². The molecule has 56 valence electrons. The molecule has 0 fully saturated rings. The molecule has 0 amide bonds. The molecule has 0 saturated carbocycles. The van der Waals surface area contributed by atoms with Crippen LogP contribution in [-0.2, 0) is 0 Å². The van der Waals surface area contributed by atoms with Gasteiger partial charge >= 0.3 is 0 Å². The first-order valence-corrected chi connectivity index (χ1v) is 3.53. The maximum absolute atomic E-state index is 10.6. The van der Waals surface area contributed by atoms with Crippen LogP contribution in [0.4, 0.5) is 5.69 Å². The van der Waals surface area contributed by atoms with E-state index >= 15 is 0 Å². The second-order valence-corrected chi connectivity index (χ2v) is 2.67. The fraction of sp³-hybridized carbons (Fsp3) is 0. The Morgan fingerprint density at radius 1 is 0.786 bits per heavy atom. The molecule has 14 heavy (non-hydrogen) atoms. The smallest absolute Gasteiger partial charge is 0.254 e. The van der Waals surface area contributed by atoms with Crippen molar-refractivity contribution in [2.75, 3.05) is 0 Å². The summed E-state index contributed by atoms with van der Waals surface area (Å²) in [4.78, 5) is 9.80. The molecule has 0 spiro atoms. The molecular formula is C6B5NO2. The fourth-order valence-electron chi connectivity index (χ4n) is 1.03. The predicted octanol–water partition coefficient (Wildman–Crippen LogP) is -4.44. The van der Waals surface area contributed by atoms with Crippen LogP contribution >= 0.6 is 0 Å². The van der Waals surface area contributed by atoms with E-state index in [-0.39, 0.29) is 27.3 Å². The zero-order chi connectivity index (χ0) is 11.0. The lowest BCUT2D eigenvalue weighted by Crippen LogP contribution is -2.55. The van der Waals surface area contributed by atoms with Crippen LogP contribution in [0.5, 0.6) is 0 Å². The molecule has 1 rings (SSSR count). The van der Waals surface area contributed by atoms with Crippen LogP contribution in [-0.4, -0.2) is 44.2 Å². The highest BCUT2D eigenvalue weighted by Crippen LogP contribution is 1.96. The molecule has 1 aromatic carbocycles. The average Bonchev–Trinajstić information content (AvgIpc) is 2.11. The Bertz CT molecular complexity index is 390. The number of hydrogen-bond donors (Lipinski definition) is 0. The van der Waals surface area contributed by atoms with Gasteiger partial charge in [0.05, 0.1) is 4.92 Å². The van der Waals surface area contributed by atoms with Crippen molar-refractivity contribution < 1.29 is 4.92 Å². The molecule has 0 heterocycles. The summed E-state index contributed by atoms with van der Waals surface area (Å²) in [6.45, 7) is 0. The molecule has 10 radical (unpaired) electrons. The van der Waals surface area contributed by atoms with Gasteiger partial charge in [-0.05, 0) is 10.9 Å². The molecule has 3 nitrogen and oxygen atoms in total. The third kappa shape index (κ3) is 1.49. The van der Waals surface area contributed by atoms with Crippen molar-refractivity contribution >= 4 is 72.2 Å². The van der Waals surface area contributed by atoms with E-state index in [1.165, 1.54) is 0 Å². The number of nitro benzene ring substituents is 1. The summed E-state index contributed by atoms with van der Waals surface area (Å²) in [5, 5.41) is 10.6. The van der Waals surface area contributed by atoms with Gasteiger partial charge in [-0.3, -0.25) is 10.1 Å². The standard InChI is InChI=1S/C6B5NO2/c7-1-2(8)4(10)6(12(13)14)5(11)3(1)9. The van der Waals surface area contributed by atoms with Crippen LogP contribution in [0, 0.1) is 10.1 Å². The second-order valence-electron chi connectivity index (χ2n) is 2.67. The van der Waals surface area contributed by atoms with Crippen LogP contribution in [0.15, 0.2) is 0 Å². The van der Waals surface area contributed by atoms with Crippen LogP contribution in [0.2, 0.25) is 0 Å². The molecular weight excluding hydrogens is 172 g/mol. The SMILES string of the molecule is [B]c1c([B])c([B])c([N+](=O)[O-])c([B])c1[B]. The number of nitro groups is 1. The van der Waals surface area contributed by atoms with Crippen LogP contribution in [0.3, 0.4) is 0 Å². The molecule has 1 aromatic rings. The van der Waals surface area contributed by atoms with Gasteiger partial charge in [-0.15, -0.1) is 16.4 Å². The summed E-state index contributed by atoms with van der Waals surface area (Å²) in [6, 6.07) is 0. The highest BCUT2D eigenvalue weighted by Gasteiger charge is 2.18. The van der Waals surface area contributed by atoms with E-state index < -0.39 is 10.6 Å². The Hall–Kier alpha value is -1.06. The van der Waals surface area contributed by atoms with Crippen LogP contribution in [0.25, 0.3) is 0 Å². The van der Waals surface area contributed by atoms with Crippen molar-refractivity contribution in [2.45, 2.75) is 0 Å². The van der Waals surface area contributed by atoms with Crippen molar-refractivity contribution in [1.82, 2.24) is 0 Å². The maximum atomic E-state index is 10.6. The molecule has 0 aromatic heterocycles. The Kier molecular flexibility index (Phi) is 2.83. The molecule has 0 N–H and O–H groups in total. The van der Waals surface area contributed by atoms with E-state index in [4.69, 9.17) is 39.2 Å². The van der Waals surface area contributed by atoms with Gasteiger partial charge < -0.3 is 0 Å². The summed E-state index contributed by atoms with van der Waals surface area (Å²) in [5.41, 5.74) is -1.31. The topological polar surface area (TPSA) is 43.1 Å². The zero-order valence-corrected chi connectivity index (χ0v) is 7.15. The van der Waals surface area contributed by atoms with Gasteiger partial charge in [-0.1, -0.05) is 0 Å². The molecule has 0 saturated heterocycles. The first-order valence-electron chi connectivity index (χ1n) is 3.53. The quantitative estimate of drug-likeness (QED) is 0.244. The zero-order valence-electron chi connectivity index (χ0n) is 7.15. The van der Waals surface area contributed by atoms with Crippen molar-refractivity contribution in [2.24, 2.45) is 0 Å². The molecule has 0 aliphatic carbocycles. The van der Waals surface area contributed by atoms with Crippen molar-refractivity contribution in [3.05, 3.63) is 10.1 Å². The van der Waals surface area contributed by atoms with E-state index in [2.05, 4.69) is 0 Å². The lowest BCUT2D eigenvalue weighted by atomic mass is 9.62. The molecule has 8 heteroatoms. The van der Waals surface area contributed by atoms with E-state index in [9.17, 15) is 10.1 Å². The summed E-state index contributed by atoms with van der Waals surface area (Å²) in [7, 11) is 27.0. The predicted molar refractivity (Wildman–Crippen MR) is 60.0 cm³/mol. The number of rotatable bonds is 1. The van der Waals surface area contributed by atoms with Gasteiger partial charge in [0, 0.05) is 0 Å². The molecule has 0 aliphatic rings. The lowest BCUT2D eigenvalue weighted by Gasteiger charge is -2.14. The molecule has 0 unspecified atom stereocenters. The summed E-state index contributed by atoms with van der Waals surface area (Å²) in [6.07, 6.45) is 0. The van der Waals surface area contributed by atoms with E-state index in [0.29, 0.717) is 0 Å². The van der Waals surface area contributed by atoms with Gasteiger partial charge in [0.2, 0.25) is 0 Å². The number of benzene rings is 1. The maximum Gasteiger partial charge on any atom is 0.254 e. The summed E-state index contributed by atoms with van der Waals surface area (Å²) >= 11 is 0. The molecule has 0 atom stereocenters. The van der Waals surface area contributed by atoms with Crippen molar-refractivity contribution in [3.8, 4) is 0 Å². The minimum Gasteiger partial charge on any atom is -0.258 e. The third-order valence-corrected chi connectivity index (χ3v) is 1.85. The fourth-order valence-corrected chi connectivity index (χ4v) is 1.03. The monoisotopic (exact) mass is 173 g/mol. The van der Waals surface area contributed by atoms with Gasteiger partial charge in [-0.2, -0.15) is 0 Å². The summed E-state index contributed by atoms with van der Waals surface area (Å²) < 4.78 is 0. The van der Waals surface area contributed by atoms with Crippen molar-refractivity contribution in [1.29, 1.82) is 0 Å². The minimum absolute atomic E-state index is 0.0365. The summed E-state index contributed by atoms with van der Waals surface area (Å²) in [5.74, 6) is 0. The van der Waals surface area contributed by atoms with Gasteiger partial charge in [0.25, 0.3) is 5.69 Å². The van der Waals surface area contributed by atoms with Gasteiger partial charge in [-0.25, -0.2) is 0 Å². The minimum atomic E-state index is -0.753. The normalized spacial score (nSPS) is 10.0. The van der Waals surface area contributed by atoms with Crippen molar-refractivity contribution in [3.63, 3.8) is 0 Å². The Morgan fingerprint density at radius 2 is 1.07 bits per heavy atom. The van der Waals surface area contributed by atoms with Gasteiger partial charge in [0.1, 0.15) is 39.2 Å². The van der Waals surface area contributed by atoms with Crippen LogP contribution in [0.1, 0.15) is 0 Å². The van der Waals surface area contributed by atoms with E-state index in [1.54, 1.807) is 0 Å². The first-order chi connectivity index (χ1) is 6.37. The largest absolute Gasteiger partial charge is 0.258 e. The van der Waals surface area contributed by atoms with Gasteiger partial charge in [0.15, 0.2) is 0 Å². The molecule has 0 aliphatic heterocycles. The third-order valence-electron chi connectivity index (χ3n) is 1.85. The number of nitrogens with zero attached hydrogens (tertiary/aromatic N) is 1. The van der Waals surface area contributed by atoms with E-state index in [0.717, 1.165) is 0 Å².